The van der Waals surface area contributed by atoms with Crippen LogP contribution in [0, 0.1) is 0 Å². The lowest BCUT2D eigenvalue weighted by Crippen LogP contribution is -2.47. The van der Waals surface area contributed by atoms with Crippen molar-refractivity contribution >= 4 is 0 Å². The second kappa shape index (κ2) is 7.73. The number of ether oxygens (including phenoxy) is 2. The van der Waals surface area contributed by atoms with E-state index in [1.165, 1.54) is 5.56 Å². The van der Waals surface area contributed by atoms with Gasteiger partial charge in [-0.15, -0.1) is 5.10 Å². The summed E-state index contributed by atoms with van der Waals surface area (Å²) < 4.78 is 15.9. The maximum absolute atomic E-state index is 6.00. The molecule has 1 aromatic carbocycles. The number of hydrogen-bond donors (Lipinski definition) is 0. The molecule has 2 aromatic heterocycles. The molecule has 0 amide bonds. The minimum Gasteiger partial charge on any atom is -0.492 e. The number of piperidine rings is 1. The van der Waals surface area contributed by atoms with Gasteiger partial charge in [-0.25, -0.2) is 9.67 Å². The van der Waals surface area contributed by atoms with Gasteiger partial charge >= 0.3 is 0 Å². The molecule has 0 aliphatic carbocycles. The van der Waals surface area contributed by atoms with Crippen molar-refractivity contribution in [2.75, 3.05) is 19.7 Å². The second-order valence-corrected chi connectivity index (χ2v) is 7.40. The molecule has 0 bridgehead atoms. The summed E-state index contributed by atoms with van der Waals surface area (Å²) in [6, 6.07) is 8.66. The zero-order valence-electron chi connectivity index (χ0n) is 15.7. The highest BCUT2D eigenvalue weighted by Crippen LogP contribution is 2.30. The van der Waals surface area contributed by atoms with E-state index in [-0.39, 0.29) is 12.1 Å². The van der Waals surface area contributed by atoms with E-state index in [0.29, 0.717) is 13.2 Å². The number of rotatable bonds is 6. The molecule has 0 spiro atoms. The zero-order chi connectivity index (χ0) is 18.8. The van der Waals surface area contributed by atoms with E-state index < -0.39 is 0 Å². The van der Waals surface area contributed by atoms with Crippen molar-refractivity contribution < 1.29 is 9.47 Å². The van der Waals surface area contributed by atoms with Gasteiger partial charge in [0.25, 0.3) is 0 Å². The molecule has 28 heavy (non-hydrogen) atoms. The van der Waals surface area contributed by atoms with Crippen LogP contribution in [0.15, 0.2) is 49.2 Å². The van der Waals surface area contributed by atoms with Crippen LogP contribution < -0.4 is 4.74 Å². The van der Waals surface area contributed by atoms with Gasteiger partial charge < -0.3 is 14.0 Å². The van der Waals surface area contributed by atoms with Crippen LogP contribution in [0.25, 0.3) is 0 Å². The second-order valence-electron chi connectivity index (χ2n) is 7.40. The Morgan fingerprint density at radius 1 is 1.21 bits per heavy atom. The van der Waals surface area contributed by atoms with E-state index in [1.807, 2.05) is 10.8 Å². The quantitative estimate of drug-likeness (QED) is 0.651. The van der Waals surface area contributed by atoms with Gasteiger partial charge in [0.15, 0.2) is 0 Å². The van der Waals surface area contributed by atoms with Crippen LogP contribution in [-0.2, 0) is 24.4 Å². The van der Waals surface area contributed by atoms with Crippen LogP contribution in [0.2, 0.25) is 0 Å². The van der Waals surface area contributed by atoms with Gasteiger partial charge in [-0.3, -0.25) is 4.90 Å². The Morgan fingerprint density at radius 2 is 2.14 bits per heavy atom. The summed E-state index contributed by atoms with van der Waals surface area (Å²) >= 11 is 0. The van der Waals surface area contributed by atoms with Gasteiger partial charge in [0.1, 0.15) is 12.4 Å². The Kier molecular flexibility index (Phi) is 4.80. The first-order valence-corrected chi connectivity index (χ1v) is 9.76. The predicted octanol–water partition coefficient (Wildman–Crippen LogP) is 1.90. The number of hydrogen-bond acceptors (Lipinski definition) is 6. The number of benzene rings is 1. The van der Waals surface area contributed by atoms with E-state index in [2.05, 4.69) is 49.1 Å². The molecule has 146 valence electrons. The highest BCUT2D eigenvalue weighted by molar-refractivity contribution is 5.27. The number of likely N-dealkylation sites (tertiary alicyclic amines) is 1. The van der Waals surface area contributed by atoms with Gasteiger partial charge in [0.2, 0.25) is 0 Å². The SMILES string of the molecule is c1cn(CCOc2ccc(CN3CC[C@@H]4OCc5cnnn5[C@@H]4C3)cc2)cn1. The van der Waals surface area contributed by atoms with Crippen molar-refractivity contribution in [1.29, 1.82) is 0 Å². The van der Waals surface area contributed by atoms with Crippen molar-refractivity contribution in [2.24, 2.45) is 0 Å². The number of imidazole rings is 1. The monoisotopic (exact) mass is 380 g/mol. The molecule has 0 saturated carbocycles. The molecule has 0 unspecified atom stereocenters. The summed E-state index contributed by atoms with van der Waals surface area (Å²) in [6.07, 6.45) is 8.60. The average Bonchev–Trinajstić information content (AvgIpc) is 3.41. The fraction of sp³-hybridized carbons (Fsp3) is 0.450. The van der Waals surface area contributed by atoms with Crippen molar-refractivity contribution in [3.05, 3.63) is 60.4 Å². The van der Waals surface area contributed by atoms with Crippen molar-refractivity contribution in [3.8, 4) is 5.75 Å². The molecule has 4 heterocycles. The van der Waals surface area contributed by atoms with Crippen molar-refractivity contribution in [2.45, 2.75) is 38.3 Å². The summed E-state index contributed by atoms with van der Waals surface area (Å²) in [5.41, 5.74) is 2.36. The third kappa shape index (κ3) is 3.65. The van der Waals surface area contributed by atoms with Crippen LogP contribution >= 0.6 is 0 Å². The number of fused-ring (bicyclic) bond motifs is 3. The van der Waals surface area contributed by atoms with E-state index in [4.69, 9.17) is 9.47 Å². The largest absolute Gasteiger partial charge is 0.492 e. The maximum Gasteiger partial charge on any atom is 0.119 e. The predicted molar refractivity (Wildman–Crippen MR) is 102 cm³/mol. The minimum atomic E-state index is 0.247. The summed E-state index contributed by atoms with van der Waals surface area (Å²) in [7, 11) is 0. The lowest BCUT2D eigenvalue weighted by Gasteiger charge is -2.41. The Bertz CT molecular complexity index is 892. The average molecular weight is 380 g/mol. The molecule has 0 N–H and O–H groups in total. The Balaban J connectivity index is 1.16. The fourth-order valence-electron chi connectivity index (χ4n) is 4.03. The molecule has 1 fully saturated rings. The molecule has 0 radical (unpaired) electrons. The third-order valence-corrected chi connectivity index (χ3v) is 5.52. The lowest BCUT2D eigenvalue weighted by atomic mass is 10.00. The zero-order valence-corrected chi connectivity index (χ0v) is 15.7. The Morgan fingerprint density at radius 3 is 3.00 bits per heavy atom. The Labute approximate surface area is 163 Å². The molecular weight excluding hydrogens is 356 g/mol. The molecule has 8 nitrogen and oxygen atoms in total. The summed E-state index contributed by atoms with van der Waals surface area (Å²) in [5, 5.41) is 8.33. The van der Waals surface area contributed by atoms with Gasteiger partial charge in [-0.05, 0) is 24.1 Å². The van der Waals surface area contributed by atoms with Crippen molar-refractivity contribution in [3.63, 3.8) is 0 Å². The summed E-state index contributed by atoms with van der Waals surface area (Å²) in [6.45, 7) is 4.94. The Hall–Kier alpha value is -2.71. The van der Waals surface area contributed by atoms with Crippen molar-refractivity contribution in [1.82, 2.24) is 29.4 Å². The standard InChI is InChI=1S/C20H24N6O2/c1-3-18(27-10-9-24-8-6-21-15-24)4-2-16(1)12-25-7-5-20-19(13-25)26-17(14-28-20)11-22-23-26/h1-4,6,8,11,15,19-20H,5,7,9-10,12-14H2/t19-,20+/m1/s1. The van der Waals surface area contributed by atoms with E-state index in [9.17, 15) is 0 Å². The topological polar surface area (TPSA) is 70.2 Å². The molecule has 5 rings (SSSR count). The molecule has 8 heteroatoms. The lowest BCUT2D eigenvalue weighted by molar-refractivity contribution is -0.0669. The highest BCUT2D eigenvalue weighted by Gasteiger charge is 2.36. The van der Waals surface area contributed by atoms with Crippen LogP contribution in [0.1, 0.15) is 23.7 Å². The van der Waals surface area contributed by atoms with Crippen LogP contribution in [0.3, 0.4) is 0 Å². The van der Waals surface area contributed by atoms with Crippen LogP contribution in [0.4, 0.5) is 0 Å². The minimum absolute atomic E-state index is 0.247. The van der Waals surface area contributed by atoms with E-state index in [1.54, 1.807) is 18.7 Å². The fourth-order valence-corrected chi connectivity index (χ4v) is 4.03. The first kappa shape index (κ1) is 17.4. The van der Waals surface area contributed by atoms with Gasteiger partial charge in [0, 0.05) is 32.0 Å². The highest BCUT2D eigenvalue weighted by atomic mass is 16.5. The number of aromatic nitrogens is 5. The third-order valence-electron chi connectivity index (χ3n) is 5.52. The van der Waals surface area contributed by atoms with E-state index >= 15 is 0 Å². The molecule has 2 aliphatic heterocycles. The van der Waals surface area contributed by atoms with Gasteiger partial charge in [0.05, 0.1) is 43.5 Å². The normalized spacial score (nSPS) is 21.9. The van der Waals surface area contributed by atoms with Gasteiger partial charge in [-0.1, -0.05) is 17.3 Å². The number of nitrogens with zero attached hydrogens (tertiary/aromatic N) is 6. The smallest absolute Gasteiger partial charge is 0.119 e. The van der Waals surface area contributed by atoms with E-state index in [0.717, 1.165) is 44.0 Å². The van der Waals surface area contributed by atoms with Gasteiger partial charge in [-0.2, -0.15) is 0 Å². The molecule has 3 aromatic rings. The molecule has 2 atom stereocenters. The summed E-state index contributed by atoms with van der Waals surface area (Å²) in [4.78, 5) is 6.50. The molecular formula is C20H24N6O2. The molecule has 1 saturated heterocycles. The first-order valence-electron chi connectivity index (χ1n) is 9.76. The van der Waals surface area contributed by atoms with Crippen LogP contribution in [-0.4, -0.2) is 55.2 Å². The first-order chi connectivity index (χ1) is 13.8. The summed E-state index contributed by atoms with van der Waals surface area (Å²) in [5.74, 6) is 0.899. The maximum atomic E-state index is 6.00. The molecule has 2 aliphatic rings. The van der Waals surface area contributed by atoms with Crippen LogP contribution in [0.5, 0.6) is 5.75 Å².